The average Bonchev–Trinajstić information content (AvgIpc) is 3.36. The number of carbonyl (C=O) groups is 2. The molecule has 1 atom stereocenters. The Morgan fingerprint density at radius 3 is 2.87 bits per heavy atom. The largest absolute Gasteiger partial charge is 0.481 e. The van der Waals surface area contributed by atoms with Crippen LogP contribution in [0.3, 0.4) is 0 Å². The first-order valence-electron chi connectivity index (χ1n) is 13.4. The Morgan fingerprint density at radius 2 is 2.08 bits per heavy atom. The Bertz CT molecular complexity index is 1290. The highest BCUT2D eigenvalue weighted by Gasteiger charge is 2.33. The molecule has 0 aliphatic carbocycles. The second-order valence-electron chi connectivity index (χ2n) is 9.78. The molecule has 0 aromatic carbocycles. The van der Waals surface area contributed by atoms with Crippen molar-refractivity contribution in [3.8, 4) is 5.88 Å². The van der Waals surface area contributed by atoms with Crippen molar-refractivity contribution < 1.29 is 19.1 Å². The number of nitrogens with zero attached hydrogens (tertiary/aromatic N) is 4. The molecular formula is C29H35N5O4. The van der Waals surface area contributed by atoms with Gasteiger partial charge in [0, 0.05) is 43.8 Å². The van der Waals surface area contributed by atoms with Crippen molar-refractivity contribution >= 4 is 17.7 Å². The molecule has 2 aliphatic rings. The number of hydrogen-bond acceptors (Lipinski definition) is 7. The number of rotatable bonds is 10. The van der Waals surface area contributed by atoms with Crippen LogP contribution in [-0.2, 0) is 35.3 Å². The van der Waals surface area contributed by atoms with E-state index in [1.165, 1.54) is 5.56 Å². The van der Waals surface area contributed by atoms with Crippen molar-refractivity contribution in [2.75, 3.05) is 32.1 Å². The van der Waals surface area contributed by atoms with Crippen LogP contribution in [0.2, 0.25) is 0 Å². The number of anilines is 1. The number of aryl methyl sites for hydroxylation is 3. The summed E-state index contributed by atoms with van der Waals surface area (Å²) in [6.07, 6.45) is 8.79. The van der Waals surface area contributed by atoms with Gasteiger partial charge in [0.15, 0.2) is 0 Å². The Kier molecular flexibility index (Phi) is 7.91. The Morgan fingerprint density at radius 1 is 1.18 bits per heavy atom. The molecule has 0 radical (unpaired) electrons. The number of hydrogen-bond donors (Lipinski definition) is 1. The van der Waals surface area contributed by atoms with Crippen molar-refractivity contribution in [2.45, 2.75) is 58.0 Å². The number of nitrogens with one attached hydrogen (secondary N) is 1. The molecule has 1 N–H and O–H groups in total. The Hall–Kier alpha value is -3.88. The van der Waals surface area contributed by atoms with Crippen molar-refractivity contribution in [1.29, 1.82) is 0 Å². The van der Waals surface area contributed by atoms with Gasteiger partial charge in [-0.1, -0.05) is 12.1 Å². The first-order valence-corrected chi connectivity index (χ1v) is 13.4. The monoisotopic (exact) mass is 517 g/mol. The van der Waals surface area contributed by atoms with Gasteiger partial charge in [-0.2, -0.15) is 0 Å². The van der Waals surface area contributed by atoms with Gasteiger partial charge in [0.25, 0.3) is 5.91 Å². The third-order valence-electron chi connectivity index (χ3n) is 7.26. The average molecular weight is 518 g/mol. The minimum absolute atomic E-state index is 0.0732. The molecule has 2 aliphatic heterocycles. The normalized spacial score (nSPS) is 15.3. The van der Waals surface area contributed by atoms with Gasteiger partial charge in [-0.3, -0.25) is 9.59 Å². The van der Waals surface area contributed by atoms with Gasteiger partial charge in [-0.25, -0.2) is 9.97 Å². The van der Waals surface area contributed by atoms with E-state index < -0.39 is 6.04 Å². The van der Waals surface area contributed by atoms with Gasteiger partial charge < -0.3 is 24.3 Å². The molecule has 9 nitrogen and oxygen atoms in total. The van der Waals surface area contributed by atoms with Crippen LogP contribution >= 0.6 is 0 Å². The van der Waals surface area contributed by atoms with Crippen LogP contribution in [0.15, 0.2) is 42.7 Å². The number of ether oxygens (including phenoxy) is 2. The standard InChI is InChI=1S/C29H35N5O4/c1-3-38-27(35)17-24(22-10-12-26(37-2)31-18-22)34-15-14-33-19-20(16-25(33)29(34)36)6-4-8-23-11-9-21-7-5-13-30-28(21)32-23/h9-12,16,18-19,24H,3-8,13-15,17H2,1-2H3,(H,30,32)/t24-/m0/s1. The van der Waals surface area contributed by atoms with Crippen molar-refractivity contribution in [1.82, 2.24) is 19.4 Å². The molecule has 38 heavy (non-hydrogen) atoms. The number of aromatic nitrogens is 3. The topological polar surface area (TPSA) is 98.6 Å². The predicted octanol–water partition coefficient (Wildman–Crippen LogP) is 3.97. The molecule has 9 heteroatoms. The molecule has 3 aromatic heterocycles. The highest BCUT2D eigenvalue weighted by molar-refractivity contribution is 5.94. The number of fused-ring (bicyclic) bond motifs is 2. The second-order valence-corrected chi connectivity index (χ2v) is 9.78. The van der Waals surface area contributed by atoms with Crippen molar-refractivity contribution in [3.63, 3.8) is 0 Å². The molecule has 5 rings (SSSR count). The highest BCUT2D eigenvalue weighted by atomic mass is 16.5. The van der Waals surface area contributed by atoms with E-state index in [1.54, 1.807) is 31.2 Å². The van der Waals surface area contributed by atoms with Gasteiger partial charge in [0.1, 0.15) is 11.5 Å². The molecular weight excluding hydrogens is 482 g/mol. The number of methoxy groups -OCH3 is 1. The summed E-state index contributed by atoms with van der Waals surface area (Å²) in [5.74, 6) is 1.08. The predicted molar refractivity (Wildman–Crippen MR) is 143 cm³/mol. The lowest BCUT2D eigenvalue weighted by Crippen LogP contribution is -2.43. The highest BCUT2D eigenvalue weighted by Crippen LogP contribution is 2.30. The molecule has 5 heterocycles. The third-order valence-corrected chi connectivity index (χ3v) is 7.26. The zero-order chi connectivity index (χ0) is 26.5. The number of pyridine rings is 2. The molecule has 200 valence electrons. The fourth-order valence-electron chi connectivity index (χ4n) is 5.31. The third kappa shape index (κ3) is 5.66. The SMILES string of the molecule is CCOC(=O)C[C@@H](c1ccc(OC)nc1)N1CCn2cc(CCCc3ccc4c(n3)NCCC4)cc2C1=O. The zero-order valence-corrected chi connectivity index (χ0v) is 22.1. The van der Waals surface area contributed by atoms with Gasteiger partial charge in [0.2, 0.25) is 5.88 Å². The van der Waals surface area contributed by atoms with Crippen LogP contribution in [0.5, 0.6) is 5.88 Å². The van der Waals surface area contributed by atoms with Crippen LogP contribution < -0.4 is 10.1 Å². The molecule has 0 spiro atoms. The summed E-state index contributed by atoms with van der Waals surface area (Å²) in [4.78, 5) is 36.9. The molecule has 0 saturated heterocycles. The summed E-state index contributed by atoms with van der Waals surface area (Å²) in [5.41, 5.74) is 4.96. The maximum atomic E-state index is 13.6. The van der Waals surface area contributed by atoms with Gasteiger partial charge in [-0.05, 0) is 67.9 Å². The summed E-state index contributed by atoms with van der Waals surface area (Å²) >= 11 is 0. The quantitative estimate of drug-likeness (QED) is 0.406. The summed E-state index contributed by atoms with van der Waals surface area (Å²) in [6, 6.07) is 9.46. The molecule has 0 bridgehead atoms. The summed E-state index contributed by atoms with van der Waals surface area (Å²) in [6.45, 7) is 4.23. The van der Waals surface area contributed by atoms with E-state index in [0.717, 1.165) is 61.3 Å². The van der Waals surface area contributed by atoms with E-state index in [0.29, 0.717) is 31.3 Å². The summed E-state index contributed by atoms with van der Waals surface area (Å²) in [7, 11) is 1.55. The zero-order valence-electron chi connectivity index (χ0n) is 22.1. The van der Waals surface area contributed by atoms with E-state index >= 15 is 0 Å². The van der Waals surface area contributed by atoms with Gasteiger partial charge in [-0.15, -0.1) is 0 Å². The van der Waals surface area contributed by atoms with Crippen LogP contribution in [-0.4, -0.2) is 58.1 Å². The van der Waals surface area contributed by atoms with E-state index in [2.05, 4.69) is 28.6 Å². The number of carbonyl (C=O) groups excluding carboxylic acids is 2. The first-order chi connectivity index (χ1) is 18.6. The fraction of sp³-hybridized carbons (Fsp3) is 0.448. The van der Waals surface area contributed by atoms with Crippen LogP contribution in [0.4, 0.5) is 5.82 Å². The van der Waals surface area contributed by atoms with Gasteiger partial charge in [0.05, 0.1) is 26.2 Å². The fourth-order valence-corrected chi connectivity index (χ4v) is 5.31. The van der Waals surface area contributed by atoms with E-state index in [4.69, 9.17) is 14.5 Å². The van der Waals surface area contributed by atoms with Gasteiger partial charge >= 0.3 is 5.97 Å². The van der Waals surface area contributed by atoms with E-state index in [1.807, 2.05) is 16.7 Å². The summed E-state index contributed by atoms with van der Waals surface area (Å²) < 4.78 is 12.4. The van der Waals surface area contributed by atoms with Crippen LogP contribution in [0, 0.1) is 0 Å². The first kappa shape index (κ1) is 25.8. The van der Waals surface area contributed by atoms with E-state index in [9.17, 15) is 9.59 Å². The van der Waals surface area contributed by atoms with Crippen LogP contribution in [0.25, 0.3) is 0 Å². The minimum atomic E-state index is -0.462. The molecule has 0 saturated carbocycles. The number of amides is 1. The van der Waals surface area contributed by atoms with Crippen LogP contribution in [0.1, 0.15) is 65.1 Å². The lowest BCUT2D eigenvalue weighted by molar-refractivity contribution is -0.144. The van der Waals surface area contributed by atoms with Crippen molar-refractivity contribution in [2.24, 2.45) is 0 Å². The van der Waals surface area contributed by atoms with E-state index in [-0.39, 0.29) is 18.3 Å². The maximum absolute atomic E-state index is 13.6. The lowest BCUT2D eigenvalue weighted by atomic mass is 10.0. The molecule has 0 unspecified atom stereocenters. The maximum Gasteiger partial charge on any atom is 0.308 e. The minimum Gasteiger partial charge on any atom is -0.481 e. The second kappa shape index (κ2) is 11.7. The smallest absolute Gasteiger partial charge is 0.308 e. The molecule has 3 aromatic rings. The number of esters is 1. The lowest BCUT2D eigenvalue weighted by Gasteiger charge is -2.35. The molecule has 0 fully saturated rings. The Labute approximate surface area is 223 Å². The molecule has 1 amide bonds. The van der Waals surface area contributed by atoms with Crippen molar-refractivity contribution in [3.05, 3.63) is 70.8 Å². The summed E-state index contributed by atoms with van der Waals surface area (Å²) in [5, 5.41) is 3.40. The Balaban J connectivity index is 1.27.